The minimum atomic E-state index is -0.218. The first-order valence-electron chi connectivity index (χ1n) is 9.32. The summed E-state index contributed by atoms with van der Waals surface area (Å²) in [6, 6.07) is 17.6. The van der Waals surface area contributed by atoms with E-state index in [1.807, 2.05) is 63.2 Å². The molecular weight excluding hydrogens is 382 g/mol. The van der Waals surface area contributed by atoms with Crippen LogP contribution in [0, 0.1) is 20.8 Å². The zero-order valence-corrected chi connectivity index (χ0v) is 17.2. The lowest BCUT2D eigenvalue weighted by atomic mass is 10.0. The third kappa shape index (κ3) is 3.98. The fraction of sp³-hybridized carbons (Fsp3) is 0.125. The molecule has 2 aromatic heterocycles. The SMILES string of the molecule is Cc1cccc(-c2cc(C(=O)Nc3cc(Cl)cnc3C)c3cc(C)ccc3n2)c1. The van der Waals surface area contributed by atoms with E-state index < -0.39 is 0 Å². The normalized spacial score (nSPS) is 10.9. The minimum Gasteiger partial charge on any atom is -0.320 e. The van der Waals surface area contributed by atoms with E-state index >= 15 is 0 Å². The Kier molecular flexibility index (Phi) is 5.03. The Balaban J connectivity index is 1.86. The van der Waals surface area contributed by atoms with Crippen LogP contribution in [0.4, 0.5) is 5.69 Å². The number of hydrogen-bond acceptors (Lipinski definition) is 3. The maximum Gasteiger partial charge on any atom is 0.256 e. The molecule has 0 bridgehead atoms. The summed E-state index contributed by atoms with van der Waals surface area (Å²) in [5.74, 6) is -0.218. The number of amides is 1. The highest BCUT2D eigenvalue weighted by Gasteiger charge is 2.16. The number of nitrogens with one attached hydrogen (secondary N) is 1. The monoisotopic (exact) mass is 401 g/mol. The van der Waals surface area contributed by atoms with E-state index in [2.05, 4.69) is 16.4 Å². The van der Waals surface area contributed by atoms with Crippen LogP contribution in [-0.4, -0.2) is 15.9 Å². The smallest absolute Gasteiger partial charge is 0.256 e. The molecule has 0 saturated heterocycles. The molecule has 0 atom stereocenters. The Bertz CT molecular complexity index is 1250. The summed E-state index contributed by atoms with van der Waals surface area (Å²) in [5, 5.41) is 4.24. The molecule has 1 N–H and O–H groups in total. The van der Waals surface area contributed by atoms with E-state index in [0.29, 0.717) is 22.0 Å². The molecule has 0 aliphatic heterocycles. The second-order valence-corrected chi connectivity index (χ2v) is 7.62. The van der Waals surface area contributed by atoms with Crippen molar-refractivity contribution in [2.45, 2.75) is 20.8 Å². The number of anilines is 1. The molecule has 29 heavy (non-hydrogen) atoms. The topological polar surface area (TPSA) is 54.9 Å². The van der Waals surface area contributed by atoms with Crippen LogP contribution in [0.15, 0.2) is 60.8 Å². The van der Waals surface area contributed by atoms with Gasteiger partial charge in [-0.1, -0.05) is 47.0 Å². The van der Waals surface area contributed by atoms with Crippen molar-refractivity contribution in [3.63, 3.8) is 0 Å². The molecule has 0 saturated carbocycles. The molecule has 0 spiro atoms. The Morgan fingerprint density at radius 3 is 2.55 bits per heavy atom. The van der Waals surface area contributed by atoms with Crippen LogP contribution in [0.3, 0.4) is 0 Å². The lowest BCUT2D eigenvalue weighted by Gasteiger charge is -2.13. The number of carbonyl (C=O) groups excluding carboxylic acids is 1. The summed E-state index contributed by atoms with van der Waals surface area (Å²) >= 11 is 6.06. The molecule has 2 heterocycles. The van der Waals surface area contributed by atoms with E-state index in [0.717, 1.165) is 33.3 Å². The van der Waals surface area contributed by atoms with Gasteiger partial charge in [-0.3, -0.25) is 9.78 Å². The fourth-order valence-corrected chi connectivity index (χ4v) is 3.46. The Hall–Kier alpha value is -3.24. The van der Waals surface area contributed by atoms with Gasteiger partial charge in [0.05, 0.1) is 33.2 Å². The standard InChI is InChI=1S/C24H20ClN3O/c1-14-5-4-6-17(9-14)23-12-20(19-10-15(2)7-8-21(19)27-23)24(29)28-22-11-18(25)13-26-16(22)3/h4-13H,1-3H3,(H,28,29). The van der Waals surface area contributed by atoms with Crippen molar-refractivity contribution in [1.29, 1.82) is 0 Å². The predicted octanol–water partition coefficient (Wildman–Crippen LogP) is 6.13. The molecule has 0 fully saturated rings. The molecule has 1 amide bonds. The molecule has 4 rings (SSSR count). The van der Waals surface area contributed by atoms with Gasteiger partial charge in [0, 0.05) is 17.1 Å². The number of pyridine rings is 2. The van der Waals surface area contributed by atoms with E-state index in [1.54, 1.807) is 12.3 Å². The van der Waals surface area contributed by atoms with Crippen molar-refractivity contribution in [2.75, 3.05) is 5.32 Å². The van der Waals surface area contributed by atoms with Crippen molar-refractivity contribution in [3.05, 3.63) is 88.2 Å². The molecule has 5 heteroatoms. The first-order valence-corrected chi connectivity index (χ1v) is 9.70. The summed E-state index contributed by atoms with van der Waals surface area (Å²) in [5.41, 5.74) is 6.58. The maximum atomic E-state index is 13.2. The molecule has 0 aliphatic carbocycles. The molecule has 0 radical (unpaired) electrons. The predicted molar refractivity (Wildman–Crippen MR) is 119 cm³/mol. The zero-order valence-electron chi connectivity index (χ0n) is 16.5. The third-order valence-corrected chi connectivity index (χ3v) is 5.03. The quantitative estimate of drug-likeness (QED) is 0.449. The number of carbonyl (C=O) groups is 1. The molecule has 4 nitrogen and oxygen atoms in total. The first kappa shape index (κ1) is 19.1. The van der Waals surface area contributed by atoms with Gasteiger partial charge in [0.1, 0.15) is 0 Å². The van der Waals surface area contributed by atoms with Crippen molar-refractivity contribution < 1.29 is 4.79 Å². The molecule has 4 aromatic rings. The fourth-order valence-electron chi connectivity index (χ4n) is 3.30. The van der Waals surface area contributed by atoms with Crippen LogP contribution in [0.2, 0.25) is 5.02 Å². The van der Waals surface area contributed by atoms with Crippen molar-refractivity contribution in [2.24, 2.45) is 0 Å². The Morgan fingerprint density at radius 1 is 0.966 bits per heavy atom. The maximum absolute atomic E-state index is 13.2. The average molecular weight is 402 g/mol. The van der Waals surface area contributed by atoms with Gasteiger partial charge in [0.2, 0.25) is 0 Å². The number of nitrogens with zero attached hydrogens (tertiary/aromatic N) is 2. The number of aromatic nitrogens is 2. The van der Waals surface area contributed by atoms with Crippen molar-refractivity contribution >= 4 is 34.1 Å². The number of benzene rings is 2. The average Bonchev–Trinajstić information content (AvgIpc) is 2.70. The van der Waals surface area contributed by atoms with Gasteiger partial charge in [0.15, 0.2) is 0 Å². The second kappa shape index (κ2) is 7.64. The van der Waals surface area contributed by atoms with Gasteiger partial charge in [-0.25, -0.2) is 4.98 Å². The zero-order chi connectivity index (χ0) is 20.5. The number of aryl methyl sites for hydroxylation is 3. The van der Waals surface area contributed by atoms with Crippen LogP contribution in [0.5, 0.6) is 0 Å². The number of fused-ring (bicyclic) bond motifs is 1. The number of hydrogen-bond donors (Lipinski definition) is 1. The first-order chi connectivity index (χ1) is 13.9. The Morgan fingerprint density at radius 2 is 1.76 bits per heavy atom. The van der Waals surface area contributed by atoms with E-state index in [-0.39, 0.29) is 5.91 Å². The van der Waals surface area contributed by atoms with Gasteiger partial charge in [-0.15, -0.1) is 0 Å². The van der Waals surface area contributed by atoms with Gasteiger partial charge in [-0.2, -0.15) is 0 Å². The van der Waals surface area contributed by atoms with Crippen LogP contribution in [0.1, 0.15) is 27.2 Å². The summed E-state index contributed by atoms with van der Waals surface area (Å²) in [7, 11) is 0. The van der Waals surface area contributed by atoms with Crippen LogP contribution in [0.25, 0.3) is 22.2 Å². The molecular formula is C24H20ClN3O. The number of halogens is 1. The summed E-state index contributed by atoms with van der Waals surface area (Å²) < 4.78 is 0. The van der Waals surface area contributed by atoms with Gasteiger partial charge < -0.3 is 5.32 Å². The van der Waals surface area contributed by atoms with Gasteiger partial charge in [-0.05, 0) is 51.1 Å². The third-order valence-electron chi connectivity index (χ3n) is 4.82. The van der Waals surface area contributed by atoms with Gasteiger partial charge in [0.25, 0.3) is 5.91 Å². The van der Waals surface area contributed by atoms with E-state index in [1.165, 1.54) is 0 Å². The van der Waals surface area contributed by atoms with E-state index in [9.17, 15) is 4.79 Å². The largest absolute Gasteiger partial charge is 0.320 e. The summed E-state index contributed by atoms with van der Waals surface area (Å²) in [4.78, 5) is 22.3. The van der Waals surface area contributed by atoms with Crippen LogP contribution >= 0.6 is 11.6 Å². The van der Waals surface area contributed by atoms with E-state index in [4.69, 9.17) is 16.6 Å². The Labute approximate surface area is 174 Å². The lowest BCUT2D eigenvalue weighted by molar-refractivity contribution is 0.102. The van der Waals surface area contributed by atoms with Gasteiger partial charge >= 0.3 is 0 Å². The molecule has 0 aliphatic rings. The van der Waals surface area contributed by atoms with Crippen LogP contribution < -0.4 is 5.32 Å². The highest BCUT2D eigenvalue weighted by atomic mass is 35.5. The molecule has 0 unspecified atom stereocenters. The highest BCUT2D eigenvalue weighted by molar-refractivity contribution is 6.30. The van der Waals surface area contributed by atoms with Crippen LogP contribution in [-0.2, 0) is 0 Å². The second-order valence-electron chi connectivity index (χ2n) is 7.19. The van der Waals surface area contributed by atoms with Crippen molar-refractivity contribution in [1.82, 2.24) is 9.97 Å². The minimum absolute atomic E-state index is 0.218. The molecule has 144 valence electrons. The summed E-state index contributed by atoms with van der Waals surface area (Å²) in [6.07, 6.45) is 1.56. The molecule has 2 aromatic carbocycles. The van der Waals surface area contributed by atoms with Crippen molar-refractivity contribution in [3.8, 4) is 11.3 Å². The number of rotatable bonds is 3. The lowest BCUT2D eigenvalue weighted by Crippen LogP contribution is -2.14. The summed E-state index contributed by atoms with van der Waals surface area (Å²) in [6.45, 7) is 5.87. The highest BCUT2D eigenvalue weighted by Crippen LogP contribution is 2.27.